The fourth-order valence-electron chi connectivity index (χ4n) is 1.99. The van der Waals surface area contributed by atoms with Crippen molar-refractivity contribution in [3.8, 4) is 5.75 Å². The lowest BCUT2D eigenvalue weighted by atomic mass is 10.1. The molecule has 2 rings (SSSR count). The van der Waals surface area contributed by atoms with Crippen molar-refractivity contribution in [2.45, 2.75) is 13.0 Å². The SMILES string of the molecule is CC(NCCOc1ccccc1)c1cccc([N+](=O)[O-])c1. The fourth-order valence-corrected chi connectivity index (χ4v) is 1.99. The number of hydrogen-bond donors (Lipinski definition) is 1. The van der Waals surface area contributed by atoms with Gasteiger partial charge in [0.25, 0.3) is 5.69 Å². The standard InChI is InChI=1S/C16H18N2O3/c1-13(14-6-5-7-15(12-14)18(19)20)17-10-11-21-16-8-3-2-4-9-16/h2-9,12-13,17H,10-11H2,1H3. The van der Waals surface area contributed by atoms with Crippen LogP contribution < -0.4 is 10.1 Å². The van der Waals surface area contributed by atoms with Crippen LogP contribution in [0.3, 0.4) is 0 Å². The molecule has 5 heteroatoms. The van der Waals surface area contributed by atoms with Crippen molar-refractivity contribution in [1.82, 2.24) is 5.32 Å². The summed E-state index contributed by atoms with van der Waals surface area (Å²) in [5.41, 5.74) is 1.01. The van der Waals surface area contributed by atoms with Gasteiger partial charge in [0.2, 0.25) is 0 Å². The smallest absolute Gasteiger partial charge is 0.269 e. The van der Waals surface area contributed by atoms with Gasteiger partial charge in [-0.1, -0.05) is 30.3 Å². The predicted octanol–water partition coefficient (Wildman–Crippen LogP) is 3.32. The van der Waals surface area contributed by atoms with E-state index in [0.717, 1.165) is 11.3 Å². The van der Waals surface area contributed by atoms with Crippen LogP contribution in [0, 0.1) is 10.1 Å². The molecular formula is C16H18N2O3. The zero-order valence-electron chi connectivity index (χ0n) is 11.9. The van der Waals surface area contributed by atoms with Crippen LogP contribution in [-0.2, 0) is 0 Å². The number of nitrogens with zero attached hydrogens (tertiary/aromatic N) is 1. The Morgan fingerprint density at radius 1 is 1.19 bits per heavy atom. The summed E-state index contributed by atoms with van der Waals surface area (Å²) in [6.45, 7) is 3.18. The molecule has 0 aliphatic rings. The Labute approximate surface area is 123 Å². The van der Waals surface area contributed by atoms with Crippen molar-refractivity contribution in [2.24, 2.45) is 0 Å². The Hall–Kier alpha value is -2.40. The monoisotopic (exact) mass is 286 g/mol. The van der Waals surface area contributed by atoms with E-state index in [-0.39, 0.29) is 16.7 Å². The molecule has 0 aromatic heterocycles. The molecule has 21 heavy (non-hydrogen) atoms. The third-order valence-corrected chi connectivity index (χ3v) is 3.15. The van der Waals surface area contributed by atoms with E-state index in [1.807, 2.05) is 43.3 Å². The van der Waals surface area contributed by atoms with E-state index in [4.69, 9.17) is 4.74 Å². The second-order valence-electron chi connectivity index (χ2n) is 4.69. The van der Waals surface area contributed by atoms with Crippen LogP contribution in [0.2, 0.25) is 0 Å². The quantitative estimate of drug-likeness (QED) is 0.482. The molecule has 2 aromatic rings. The highest BCUT2D eigenvalue weighted by atomic mass is 16.6. The number of nitro benzene ring substituents is 1. The van der Waals surface area contributed by atoms with Crippen LogP contribution in [0.1, 0.15) is 18.5 Å². The Bertz CT molecular complexity index is 587. The number of para-hydroxylation sites is 1. The number of nitro groups is 1. The normalized spacial score (nSPS) is 11.9. The summed E-state index contributed by atoms with van der Waals surface area (Å²) in [7, 11) is 0. The highest BCUT2D eigenvalue weighted by molar-refractivity contribution is 5.35. The minimum Gasteiger partial charge on any atom is -0.492 e. The summed E-state index contributed by atoms with van der Waals surface area (Å²) in [4.78, 5) is 10.4. The number of benzene rings is 2. The molecule has 0 fully saturated rings. The molecule has 110 valence electrons. The van der Waals surface area contributed by atoms with Crippen LogP contribution >= 0.6 is 0 Å². The second kappa shape index (κ2) is 7.40. The largest absolute Gasteiger partial charge is 0.492 e. The molecule has 5 nitrogen and oxygen atoms in total. The fraction of sp³-hybridized carbons (Fsp3) is 0.250. The van der Waals surface area contributed by atoms with Gasteiger partial charge >= 0.3 is 0 Å². The zero-order chi connectivity index (χ0) is 15.1. The van der Waals surface area contributed by atoms with Gasteiger partial charge in [0.15, 0.2) is 0 Å². The van der Waals surface area contributed by atoms with E-state index >= 15 is 0 Å². The van der Waals surface area contributed by atoms with E-state index in [1.165, 1.54) is 6.07 Å². The highest BCUT2D eigenvalue weighted by Crippen LogP contribution is 2.18. The molecule has 0 amide bonds. The first-order chi connectivity index (χ1) is 10.2. The molecule has 1 unspecified atom stereocenters. The maximum atomic E-state index is 10.8. The number of ether oxygens (including phenoxy) is 1. The van der Waals surface area contributed by atoms with E-state index in [2.05, 4.69) is 5.32 Å². The van der Waals surface area contributed by atoms with Gasteiger partial charge in [-0.25, -0.2) is 0 Å². The first-order valence-corrected chi connectivity index (χ1v) is 6.82. The van der Waals surface area contributed by atoms with Crippen molar-refractivity contribution < 1.29 is 9.66 Å². The second-order valence-corrected chi connectivity index (χ2v) is 4.69. The molecule has 0 saturated heterocycles. The van der Waals surface area contributed by atoms with Gasteiger partial charge in [-0.15, -0.1) is 0 Å². The van der Waals surface area contributed by atoms with Gasteiger partial charge in [0, 0.05) is 24.7 Å². The summed E-state index contributed by atoms with van der Waals surface area (Å²) < 4.78 is 5.58. The van der Waals surface area contributed by atoms with Gasteiger partial charge in [-0.3, -0.25) is 10.1 Å². The summed E-state index contributed by atoms with van der Waals surface area (Å²) in [6.07, 6.45) is 0. The van der Waals surface area contributed by atoms with Crippen molar-refractivity contribution >= 4 is 5.69 Å². The summed E-state index contributed by atoms with van der Waals surface area (Å²) in [6, 6.07) is 16.3. The number of nitrogens with one attached hydrogen (secondary N) is 1. The number of non-ortho nitro benzene ring substituents is 1. The maximum absolute atomic E-state index is 10.8. The third kappa shape index (κ3) is 4.57. The lowest BCUT2D eigenvalue weighted by molar-refractivity contribution is -0.384. The molecule has 0 bridgehead atoms. The highest BCUT2D eigenvalue weighted by Gasteiger charge is 2.10. The Kier molecular flexibility index (Phi) is 5.29. The molecule has 1 atom stereocenters. The predicted molar refractivity (Wildman–Crippen MR) is 81.5 cm³/mol. The summed E-state index contributed by atoms with van der Waals surface area (Å²) in [5.74, 6) is 0.835. The van der Waals surface area contributed by atoms with Crippen LogP contribution in [-0.4, -0.2) is 18.1 Å². The van der Waals surface area contributed by atoms with Crippen LogP contribution in [0.25, 0.3) is 0 Å². The van der Waals surface area contributed by atoms with Crippen LogP contribution in [0.15, 0.2) is 54.6 Å². The summed E-state index contributed by atoms with van der Waals surface area (Å²) in [5, 5.41) is 14.0. The maximum Gasteiger partial charge on any atom is 0.269 e. The zero-order valence-corrected chi connectivity index (χ0v) is 11.9. The Balaban J connectivity index is 1.80. The van der Waals surface area contributed by atoms with E-state index < -0.39 is 0 Å². The van der Waals surface area contributed by atoms with Crippen molar-refractivity contribution in [3.63, 3.8) is 0 Å². The van der Waals surface area contributed by atoms with E-state index in [9.17, 15) is 10.1 Å². The molecule has 0 aliphatic carbocycles. The lowest BCUT2D eigenvalue weighted by Gasteiger charge is -2.14. The molecule has 0 radical (unpaired) electrons. The minimum atomic E-state index is -0.380. The van der Waals surface area contributed by atoms with Gasteiger partial charge in [-0.05, 0) is 24.6 Å². The number of hydrogen-bond acceptors (Lipinski definition) is 4. The van der Waals surface area contributed by atoms with E-state index in [1.54, 1.807) is 12.1 Å². The van der Waals surface area contributed by atoms with E-state index in [0.29, 0.717) is 13.2 Å². The Morgan fingerprint density at radius 2 is 1.95 bits per heavy atom. The van der Waals surface area contributed by atoms with Crippen molar-refractivity contribution in [3.05, 3.63) is 70.3 Å². The third-order valence-electron chi connectivity index (χ3n) is 3.15. The van der Waals surface area contributed by atoms with Crippen LogP contribution in [0.4, 0.5) is 5.69 Å². The molecular weight excluding hydrogens is 268 g/mol. The molecule has 0 heterocycles. The summed E-state index contributed by atoms with van der Waals surface area (Å²) >= 11 is 0. The van der Waals surface area contributed by atoms with Crippen LogP contribution in [0.5, 0.6) is 5.75 Å². The first kappa shape index (κ1) is 15.0. The molecule has 0 aliphatic heterocycles. The van der Waals surface area contributed by atoms with Gasteiger partial charge < -0.3 is 10.1 Å². The molecule has 2 aromatic carbocycles. The average Bonchev–Trinajstić information content (AvgIpc) is 2.52. The lowest BCUT2D eigenvalue weighted by Crippen LogP contribution is -2.24. The topological polar surface area (TPSA) is 64.4 Å². The van der Waals surface area contributed by atoms with Crippen molar-refractivity contribution in [1.29, 1.82) is 0 Å². The molecule has 0 saturated carbocycles. The average molecular weight is 286 g/mol. The molecule has 1 N–H and O–H groups in total. The first-order valence-electron chi connectivity index (χ1n) is 6.82. The Morgan fingerprint density at radius 3 is 2.67 bits per heavy atom. The van der Waals surface area contributed by atoms with Gasteiger partial charge in [-0.2, -0.15) is 0 Å². The molecule has 0 spiro atoms. The van der Waals surface area contributed by atoms with Gasteiger partial charge in [0.05, 0.1) is 4.92 Å². The van der Waals surface area contributed by atoms with Crippen molar-refractivity contribution in [2.75, 3.05) is 13.2 Å². The minimum absolute atomic E-state index is 0.0317. The number of rotatable bonds is 7. The van der Waals surface area contributed by atoms with Gasteiger partial charge in [0.1, 0.15) is 12.4 Å².